The number of hydrogen-bond donors (Lipinski definition) is 0. The second-order valence-corrected chi connectivity index (χ2v) is 2.59. The zero-order valence-corrected chi connectivity index (χ0v) is 7.50. The van der Waals surface area contributed by atoms with Gasteiger partial charge < -0.3 is 4.74 Å². The molecule has 0 bridgehead atoms. The van der Waals surface area contributed by atoms with Crippen molar-refractivity contribution in [3.63, 3.8) is 0 Å². The highest BCUT2D eigenvalue weighted by Gasteiger charge is 2.00. The Labute approximate surface area is 73.7 Å². The lowest BCUT2D eigenvalue weighted by atomic mass is 10.1. The fourth-order valence-electron chi connectivity index (χ4n) is 1.08. The van der Waals surface area contributed by atoms with Crippen LogP contribution >= 0.6 is 0 Å². The van der Waals surface area contributed by atoms with Crippen molar-refractivity contribution in [2.75, 3.05) is 7.11 Å². The summed E-state index contributed by atoms with van der Waals surface area (Å²) < 4.78 is 5.20. The van der Waals surface area contributed by atoms with Crippen molar-refractivity contribution in [3.05, 3.63) is 42.8 Å². The van der Waals surface area contributed by atoms with Gasteiger partial charge in [-0.25, -0.2) is 0 Å². The lowest BCUT2D eigenvalue weighted by Gasteiger charge is -2.07. The van der Waals surface area contributed by atoms with Crippen molar-refractivity contribution in [2.45, 2.75) is 6.92 Å². The SMILES string of the molecule is [CH2]C=C(C)c1ccccc1OC. The number of benzene rings is 1. The van der Waals surface area contributed by atoms with Crippen LogP contribution in [0.2, 0.25) is 0 Å². The van der Waals surface area contributed by atoms with Gasteiger partial charge >= 0.3 is 0 Å². The van der Waals surface area contributed by atoms with Crippen molar-refractivity contribution in [1.29, 1.82) is 0 Å². The van der Waals surface area contributed by atoms with Crippen molar-refractivity contribution >= 4 is 5.57 Å². The molecule has 0 spiro atoms. The molecule has 0 unspecified atom stereocenters. The van der Waals surface area contributed by atoms with Gasteiger partial charge in [0.05, 0.1) is 7.11 Å². The Kier molecular flexibility index (Phi) is 2.92. The van der Waals surface area contributed by atoms with E-state index < -0.39 is 0 Å². The summed E-state index contributed by atoms with van der Waals surface area (Å²) in [5, 5.41) is 0. The van der Waals surface area contributed by atoms with Crippen molar-refractivity contribution in [1.82, 2.24) is 0 Å². The van der Waals surface area contributed by atoms with Crippen LogP contribution < -0.4 is 4.74 Å². The van der Waals surface area contributed by atoms with Crippen LogP contribution in [0.5, 0.6) is 5.75 Å². The zero-order chi connectivity index (χ0) is 8.97. The third kappa shape index (κ3) is 1.67. The fraction of sp³-hybridized carbons (Fsp3) is 0.182. The highest BCUT2D eigenvalue weighted by atomic mass is 16.5. The first-order chi connectivity index (χ1) is 5.79. The van der Waals surface area contributed by atoms with Gasteiger partial charge in [0.1, 0.15) is 5.75 Å². The summed E-state index contributed by atoms with van der Waals surface area (Å²) in [5.74, 6) is 0.898. The number of hydrogen-bond acceptors (Lipinski definition) is 1. The van der Waals surface area contributed by atoms with E-state index in [-0.39, 0.29) is 0 Å². The molecule has 0 saturated carbocycles. The molecular formula is C11H13O. The Morgan fingerprint density at radius 2 is 2.08 bits per heavy atom. The number of ether oxygens (including phenoxy) is 1. The Morgan fingerprint density at radius 3 is 2.67 bits per heavy atom. The molecule has 0 N–H and O–H groups in total. The number of methoxy groups -OCH3 is 1. The first kappa shape index (κ1) is 8.85. The van der Waals surface area contributed by atoms with Gasteiger partial charge in [-0.2, -0.15) is 0 Å². The van der Waals surface area contributed by atoms with Crippen LogP contribution in [-0.4, -0.2) is 7.11 Å². The van der Waals surface area contributed by atoms with Gasteiger partial charge in [-0.05, 0) is 25.5 Å². The summed E-state index contributed by atoms with van der Waals surface area (Å²) in [6, 6.07) is 7.92. The van der Waals surface area contributed by atoms with Gasteiger partial charge in [-0.3, -0.25) is 0 Å². The van der Waals surface area contributed by atoms with Gasteiger partial charge in [0, 0.05) is 5.56 Å². The average Bonchev–Trinajstić information content (AvgIpc) is 2.16. The Bertz CT molecular complexity index is 287. The molecule has 0 amide bonds. The minimum Gasteiger partial charge on any atom is -0.496 e. The molecule has 0 heterocycles. The number of allylic oxidation sites excluding steroid dienone is 2. The summed E-state index contributed by atoms with van der Waals surface area (Å²) in [7, 11) is 1.68. The van der Waals surface area contributed by atoms with E-state index in [9.17, 15) is 0 Å². The van der Waals surface area contributed by atoms with Crippen LogP contribution in [0.3, 0.4) is 0 Å². The summed E-state index contributed by atoms with van der Waals surface area (Å²) in [6.07, 6.45) is 1.83. The molecule has 0 aliphatic carbocycles. The lowest BCUT2D eigenvalue weighted by Crippen LogP contribution is -1.88. The molecule has 1 nitrogen and oxygen atoms in total. The molecular weight excluding hydrogens is 148 g/mol. The van der Waals surface area contributed by atoms with Gasteiger partial charge in [0.2, 0.25) is 0 Å². The van der Waals surface area contributed by atoms with Crippen LogP contribution in [0.25, 0.3) is 5.57 Å². The quantitative estimate of drug-likeness (QED) is 0.648. The van der Waals surface area contributed by atoms with E-state index in [2.05, 4.69) is 6.92 Å². The van der Waals surface area contributed by atoms with E-state index >= 15 is 0 Å². The Balaban J connectivity index is 3.13. The molecule has 0 saturated heterocycles. The highest BCUT2D eigenvalue weighted by molar-refractivity contribution is 5.69. The average molecular weight is 161 g/mol. The predicted molar refractivity (Wildman–Crippen MR) is 52.0 cm³/mol. The third-order valence-corrected chi connectivity index (χ3v) is 1.84. The van der Waals surface area contributed by atoms with Crippen molar-refractivity contribution in [3.8, 4) is 5.75 Å². The maximum Gasteiger partial charge on any atom is 0.126 e. The molecule has 63 valence electrons. The highest BCUT2D eigenvalue weighted by Crippen LogP contribution is 2.24. The molecule has 0 aliphatic rings. The molecule has 0 fully saturated rings. The first-order valence-electron chi connectivity index (χ1n) is 3.89. The minimum absolute atomic E-state index is 0.898. The van der Waals surface area contributed by atoms with Crippen LogP contribution in [0, 0.1) is 6.92 Å². The summed E-state index contributed by atoms with van der Waals surface area (Å²) in [5.41, 5.74) is 2.24. The molecule has 0 aromatic heterocycles. The smallest absolute Gasteiger partial charge is 0.126 e. The second-order valence-electron chi connectivity index (χ2n) is 2.59. The summed E-state index contributed by atoms with van der Waals surface area (Å²) in [6.45, 7) is 5.74. The molecule has 0 aliphatic heterocycles. The van der Waals surface area contributed by atoms with Crippen LogP contribution in [-0.2, 0) is 0 Å². The molecule has 1 radical (unpaired) electrons. The van der Waals surface area contributed by atoms with Crippen molar-refractivity contribution < 1.29 is 4.74 Å². The second kappa shape index (κ2) is 3.96. The van der Waals surface area contributed by atoms with Crippen LogP contribution in [0.1, 0.15) is 12.5 Å². The molecule has 12 heavy (non-hydrogen) atoms. The minimum atomic E-state index is 0.898. The molecule has 1 aromatic carbocycles. The Hall–Kier alpha value is -1.24. The Morgan fingerprint density at radius 1 is 1.42 bits per heavy atom. The predicted octanol–water partition coefficient (Wildman–Crippen LogP) is 2.93. The molecule has 0 atom stereocenters. The van der Waals surface area contributed by atoms with Crippen molar-refractivity contribution in [2.24, 2.45) is 0 Å². The standard InChI is InChI=1S/C11H13O/c1-4-9(2)10-7-5-6-8-11(10)12-3/h4-8H,1H2,2-3H3. The van der Waals surface area contributed by atoms with Gasteiger partial charge in [-0.1, -0.05) is 24.3 Å². The first-order valence-corrected chi connectivity index (χ1v) is 3.89. The van der Waals surface area contributed by atoms with Crippen LogP contribution in [0.15, 0.2) is 30.3 Å². The van der Waals surface area contributed by atoms with E-state index in [1.165, 1.54) is 0 Å². The van der Waals surface area contributed by atoms with Crippen LogP contribution in [0.4, 0.5) is 0 Å². The largest absolute Gasteiger partial charge is 0.496 e. The van der Waals surface area contributed by atoms with E-state index in [1.807, 2.05) is 37.3 Å². The molecule has 1 aromatic rings. The lowest BCUT2D eigenvalue weighted by molar-refractivity contribution is 0.413. The number of rotatable bonds is 2. The monoisotopic (exact) mass is 161 g/mol. The zero-order valence-electron chi connectivity index (χ0n) is 7.50. The summed E-state index contributed by atoms with van der Waals surface area (Å²) in [4.78, 5) is 0. The molecule has 1 heteroatoms. The maximum absolute atomic E-state index is 5.20. The van der Waals surface area contributed by atoms with E-state index in [0.717, 1.165) is 16.9 Å². The summed E-state index contributed by atoms with van der Waals surface area (Å²) >= 11 is 0. The van der Waals surface area contributed by atoms with Gasteiger partial charge in [0.25, 0.3) is 0 Å². The van der Waals surface area contributed by atoms with E-state index in [4.69, 9.17) is 4.74 Å². The normalized spacial score (nSPS) is 11.4. The topological polar surface area (TPSA) is 9.23 Å². The molecule has 1 rings (SSSR count). The number of para-hydroxylation sites is 1. The van der Waals surface area contributed by atoms with E-state index in [0.29, 0.717) is 0 Å². The maximum atomic E-state index is 5.20. The van der Waals surface area contributed by atoms with Gasteiger partial charge in [0.15, 0.2) is 0 Å². The van der Waals surface area contributed by atoms with Gasteiger partial charge in [-0.15, -0.1) is 0 Å². The fourth-order valence-corrected chi connectivity index (χ4v) is 1.08. The third-order valence-electron chi connectivity index (χ3n) is 1.84. The van der Waals surface area contributed by atoms with E-state index in [1.54, 1.807) is 7.11 Å².